The van der Waals surface area contributed by atoms with Crippen LogP contribution in [0.25, 0.3) is 0 Å². The maximum absolute atomic E-state index is 5.33. The zero-order chi connectivity index (χ0) is 13.1. The highest BCUT2D eigenvalue weighted by Gasteiger charge is 2.22. The van der Waals surface area contributed by atoms with Crippen LogP contribution in [0.1, 0.15) is 27.7 Å². The summed E-state index contributed by atoms with van der Waals surface area (Å²) in [6, 6.07) is 0.274. The third-order valence-electron chi connectivity index (χ3n) is 2.90. The lowest BCUT2D eigenvalue weighted by Crippen LogP contribution is -2.31. The molecule has 0 bridgehead atoms. The normalized spacial score (nSPS) is 13.1. The summed E-state index contributed by atoms with van der Waals surface area (Å²) >= 11 is 0. The van der Waals surface area contributed by atoms with E-state index >= 15 is 0 Å². The summed E-state index contributed by atoms with van der Waals surface area (Å²) in [6.07, 6.45) is 1.52. The number of nitrogens with one attached hydrogen (secondary N) is 2. The van der Waals surface area contributed by atoms with E-state index in [2.05, 4.69) is 48.3 Å². The highest BCUT2D eigenvalue weighted by Crippen LogP contribution is 2.31. The Labute approximate surface area is 103 Å². The molecule has 96 valence electrons. The van der Waals surface area contributed by atoms with Crippen molar-refractivity contribution in [3.05, 3.63) is 6.33 Å². The number of methoxy groups -OCH3 is 1. The van der Waals surface area contributed by atoms with E-state index in [0.29, 0.717) is 17.4 Å². The molecule has 0 radical (unpaired) electrons. The van der Waals surface area contributed by atoms with Crippen LogP contribution in [0, 0.1) is 5.41 Å². The van der Waals surface area contributed by atoms with E-state index < -0.39 is 0 Å². The minimum Gasteiger partial charge on any atom is -0.490 e. The van der Waals surface area contributed by atoms with Crippen molar-refractivity contribution >= 4 is 11.6 Å². The van der Waals surface area contributed by atoms with Crippen molar-refractivity contribution in [2.75, 3.05) is 24.8 Å². The second-order valence-corrected chi connectivity index (χ2v) is 5.09. The van der Waals surface area contributed by atoms with E-state index in [4.69, 9.17) is 4.74 Å². The minimum atomic E-state index is 0.149. The van der Waals surface area contributed by atoms with Crippen molar-refractivity contribution in [3.8, 4) is 5.75 Å². The Bertz CT molecular complexity index is 373. The minimum absolute atomic E-state index is 0.149. The maximum Gasteiger partial charge on any atom is 0.204 e. The third kappa shape index (κ3) is 3.22. The van der Waals surface area contributed by atoms with Gasteiger partial charge < -0.3 is 15.4 Å². The van der Waals surface area contributed by atoms with Gasteiger partial charge in [0.1, 0.15) is 6.33 Å². The lowest BCUT2D eigenvalue weighted by Gasteiger charge is -2.29. The van der Waals surface area contributed by atoms with Gasteiger partial charge in [-0.2, -0.15) is 0 Å². The summed E-state index contributed by atoms with van der Waals surface area (Å²) in [5.41, 5.74) is 0.149. The molecule has 0 amide bonds. The van der Waals surface area contributed by atoms with Gasteiger partial charge in [-0.05, 0) is 12.3 Å². The van der Waals surface area contributed by atoms with Crippen molar-refractivity contribution < 1.29 is 4.74 Å². The Hall–Kier alpha value is -1.52. The fourth-order valence-electron chi connectivity index (χ4n) is 1.27. The summed E-state index contributed by atoms with van der Waals surface area (Å²) < 4.78 is 5.33. The molecule has 0 aliphatic carbocycles. The van der Waals surface area contributed by atoms with Crippen molar-refractivity contribution in [3.63, 3.8) is 0 Å². The molecule has 1 heterocycles. The van der Waals surface area contributed by atoms with Crippen LogP contribution in [0.2, 0.25) is 0 Å². The monoisotopic (exact) mass is 238 g/mol. The van der Waals surface area contributed by atoms with Gasteiger partial charge in [0.2, 0.25) is 5.75 Å². The van der Waals surface area contributed by atoms with Crippen molar-refractivity contribution in [2.45, 2.75) is 33.7 Å². The molecule has 1 aromatic heterocycles. The molecule has 0 saturated carbocycles. The summed E-state index contributed by atoms with van der Waals surface area (Å²) in [5, 5.41) is 6.34. The highest BCUT2D eigenvalue weighted by molar-refractivity contribution is 5.63. The fourth-order valence-corrected chi connectivity index (χ4v) is 1.27. The first-order valence-electron chi connectivity index (χ1n) is 5.73. The Morgan fingerprint density at radius 2 is 1.82 bits per heavy atom. The number of ether oxygens (including phenoxy) is 1. The Morgan fingerprint density at radius 3 is 2.29 bits per heavy atom. The molecule has 1 rings (SSSR count). The summed E-state index contributed by atoms with van der Waals surface area (Å²) in [7, 11) is 3.42. The molecule has 2 N–H and O–H groups in total. The molecule has 1 aromatic rings. The molecule has 0 spiro atoms. The van der Waals surface area contributed by atoms with Gasteiger partial charge in [0, 0.05) is 13.1 Å². The van der Waals surface area contributed by atoms with Gasteiger partial charge in [-0.15, -0.1) is 0 Å². The van der Waals surface area contributed by atoms with Crippen LogP contribution >= 0.6 is 0 Å². The number of anilines is 2. The van der Waals surface area contributed by atoms with Gasteiger partial charge >= 0.3 is 0 Å². The van der Waals surface area contributed by atoms with Crippen LogP contribution in [-0.4, -0.2) is 30.2 Å². The Balaban J connectivity index is 2.98. The molecule has 5 heteroatoms. The molecule has 0 aromatic carbocycles. The third-order valence-corrected chi connectivity index (χ3v) is 2.90. The van der Waals surface area contributed by atoms with E-state index in [1.807, 2.05) is 7.05 Å². The molecular formula is C12H22N4O. The van der Waals surface area contributed by atoms with Crippen molar-refractivity contribution in [2.24, 2.45) is 5.41 Å². The molecule has 17 heavy (non-hydrogen) atoms. The average Bonchev–Trinajstić information content (AvgIpc) is 2.27. The van der Waals surface area contributed by atoms with Crippen LogP contribution in [0.15, 0.2) is 6.33 Å². The molecule has 0 aliphatic rings. The summed E-state index contributed by atoms with van der Waals surface area (Å²) in [6.45, 7) is 8.66. The quantitative estimate of drug-likeness (QED) is 0.843. The maximum atomic E-state index is 5.33. The standard InChI is InChI=1S/C12H22N4O/c1-8(12(2,3)4)16-11-9(17-6)10(13-5)14-7-15-11/h7-8H,1-6H3,(H2,13,14,15,16). The van der Waals surface area contributed by atoms with E-state index in [0.717, 1.165) is 0 Å². The second kappa shape index (κ2) is 5.21. The van der Waals surface area contributed by atoms with Crippen LogP contribution in [-0.2, 0) is 0 Å². The second-order valence-electron chi connectivity index (χ2n) is 5.09. The molecule has 1 unspecified atom stereocenters. The van der Waals surface area contributed by atoms with Gasteiger partial charge in [0.05, 0.1) is 7.11 Å². The smallest absolute Gasteiger partial charge is 0.204 e. The predicted octanol–water partition coefficient (Wildman–Crippen LogP) is 2.37. The molecule has 0 saturated heterocycles. The first-order valence-corrected chi connectivity index (χ1v) is 5.73. The number of aromatic nitrogens is 2. The van der Waals surface area contributed by atoms with E-state index in [1.54, 1.807) is 7.11 Å². The van der Waals surface area contributed by atoms with Crippen molar-refractivity contribution in [1.82, 2.24) is 9.97 Å². The zero-order valence-corrected chi connectivity index (χ0v) is 11.5. The first-order chi connectivity index (χ1) is 7.90. The molecule has 5 nitrogen and oxygen atoms in total. The molecule has 0 aliphatic heterocycles. The van der Waals surface area contributed by atoms with Gasteiger partial charge in [0.25, 0.3) is 0 Å². The predicted molar refractivity (Wildman–Crippen MR) is 70.7 cm³/mol. The molecule has 1 atom stereocenters. The van der Waals surface area contributed by atoms with Gasteiger partial charge in [0.15, 0.2) is 11.6 Å². The lowest BCUT2D eigenvalue weighted by molar-refractivity contribution is 0.355. The molecular weight excluding hydrogens is 216 g/mol. The zero-order valence-electron chi connectivity index (χ0n) is 11.5. The summed E-state index contributed by atoms with van der Waals surface area (Å²) in [5.74, 6) is 2.05. The fraction of sp³-hybridized carbons (Fsp3) is 0.667. The summed E-state index contributed by atoms with van der Waals surface area (Å²) in [4.78, 5) is 8.34. The van der Waals surface area contributed by atoms with Crippen LogP contribution in [0.5, 0.6) is 5.75 Å². The Kier molecular flexibility index (Phi) is 4.15. The van der Waals surface area contributed by atoms with Crippen molar-refractivity contribution in [1.29, 1.82) is 0 Å². The van der Waals surface area contributed by atoms with Crippen LogP contribution < -0.4 is 15.4 Å². The van der Waals surface area contributed by atoms with Gasteiger partial charge in [-0.25, -0.2) is 9.97 Å². The van der Waals surface area contributed by atoms with Gasteiger partial charge in [-0.1, -0.05) is 20.8 Å². The average molecular weight is 238 g/mol. The van der Waals surface area contributed by atoms with E-state index in [-0.39, 0.29) is 11.5 Å². The number of hydrogen-bond acceptors (Lipinski definition) is 5. The number of nitrogens with zero attached hydrogens (tertiary/aromatic N) is 2. The van der Waals surface area contributed by atoms with Crippen LogP contribution in [0.3, 0.4) is 0 Å². The van der Waals surface area contributed by atoms with E-state index in [1.165, 1.54) is 6.33 Å². The molecule has 0 fully saturated rings. The SMILES string of the molecule is CNc1ncnc(NC(C)C(C)(C)C)c1OC. The first kappa shape index (κ1) is 13.5. The van der Waals surface area contributed by atoms with Gasteiger partial charge in [-0.3, -0.25) is 0 Å². The number of rotatable bonds is 4. The largest absolute Gasteiger partial charge is 0.490 e. The lowest BCUT2D eigenvalue weighted by atomic mass is 9.88. The topological polar surface area (TPSA) is 59.1 Å². The number of hydrogen-bond donors (Lipinski definition) is 2. The Morgan fingerprint density at radius 1 is 1.24 bits per heavy atom. The van der Waals surface area contributed by atoms with Crippen LogP contribution in [0.4, 0.5) is 11.6 Å². The highest BCUT2D eigenvalue weighted by atomic mass is 16.5. The van der Waals surface area contributed by atoms with E-state index in [9.17, 15) is 0 Å².